The molecule has 0 aliphatic rings. The second-order valence-corrected chi connectivity index (χ2v) is 6.94. The molecule has 0 spiro atoms. The number of benzene rings is 1. The van der Waals surface area contributed by atoms with Crippen molar-refractivity contribution in [2.75, 3.05) is 11.6 Å². The molecule has 1 aromatic carbocycles. The fraction of sp³-hybridized carbons (Fsp3) is 0.250. The van der Waals surface area contributed by atoms with Gasteiger partial charge in [-0.2, -0.15) is 13.2 Å². The number of nitrogens with one attached hydrogen (secondary N) is 1. The molecule has 0 saturated heterocycles. The fourth-order valence-corrected chi connectivity index (χ4v) is 2.46. The highest BCUT2D eigenvalue weighted by Crippen LogP contribution is 2.29. The Hall–Kier alpha value is -2.63. The minimum atomic E-state index is -4.95. The normalized spacial score (nSPS) is 12.2. The van der Waals surface area contributed by atoms with E-state index in [0.29, 0.717) is 0 Å². The van der Waals surface area contributed by atoms with Crippen LogP contribution in [0, 0.1) is 0 Å². The highest BCUT2D eigenvalue weighted by atomic mass is 32.2. The largest absolute Gasteiger partial charge is 0.508 e. The molecule has 0 fully saturated rings. The number of anilines is 1. The van der Waals surface area contributed by atoms with Gasteiger partial charge in [-0.15, -0.1) is 10.2 Å². The molecule has 2 aromatic rings. The van der Waals surface area contributed by atoms with Gasteiger partial charge in [0.15, 0.2) is 9.84 Å². The maximum absolute atomic E-state index is 12.9. The molecule has 12 heteroatoms. The Balaban J connectivity index is 2.37. The van der Waals surface area contributed by atoms with Crippen LogP contribution in [-0.2, 0) is 21.9 Å². The fourth-order valence-electron chi connectivity index (χ4n) is 1.75. The molecule has 0 saturated carbocycles. The van der Waals surface area contributed by atoms with Crippen molar-refractivity contribution < 1.29 is 31.5 Å². The summed E-state index contributed by atoms with van der Waals surface area (Å²) in [4.78, 5) is 12.0. The SMILES string of the molecule is CS(=O)(=O)Cn1c(NC(=O)c2ccc(O)cc2)nnc1C(F)(F)F. The van der Waals surface area contributed by atoms with Crippen LogP contribution in [0.15, 0.2) is 24.3 Å². The van der Waals surface area contributed by atoms with E-state index in [2.05, 4.69) is 15.5 Å². The number of nitrogens with zero attached hydrogens (tertiary/aromatic N) is 3. The second-order valence-electron chi connectivity index (χ2n) is 4.83. The first-order valence-corrected chi connectivity index (χ1v) is 8.32. The van der Waals surface area contributed by atoms with E-state index in [0.717, 1.165) is 6.26 Å². The summed E-state index contributed by atoms with van der Waals surface area (Å²) in [5.74, 6) is -4.21. The number of hydrogen-bond donors (Lipinski definition) is 2. The number of carbonyl (C=O) groups excluding carboxylic acids is 1. The summed E-state index contributed by atoms with van der Waals surface area (Å²) < 4.78 is 61.6. The van der Waals surface area contributed by atoms with Gasteiger partial charge in [0.25, 0.3) is 5.91 Å². The third-order valence-electron chi connectivity index (χ3n) is 2.72. The van der Waals surface area contributed by atoms with Gasteiger partial charge in [0.2, 0.25) is 11.8 Å². The van der Waals surface area contributed by atoms with E-state index in [9.17, 15) is 26.4 Å². The van der Waals surface area contributed by atoms with Gasteiger partial charge < -0.3 is 5.11 Å². The Bertz CT molecular complexity index is 859. The van der Waals surface area contributed by atoms with E-state index in [4.69, 9.17) is 5.11 Å². The molecule has 0 aliphatic heterocycles. The molecule has 0 atom stereocenters. The van der Waals surface area contributed by atoms with Gasteiger partial charge in [-0.05, 0) is 24.3 Å². The number of alkyl halides is 3. The summed E-state index contributed by atoms with van der Waals surface area (Å²) >= 11 is 0. The van der Waals surface area contributed by atoms with Crippen LogP contribution in [0.2, 0.25) is 0 Å². The number of phenols is 1. The van der Waals surface area contributed by atoms with Gasteiger partial charge in [-0.25, -0.2) is 8.42 Å². The Kier molecular flexibility index (Phi) is 4.51. The molecule has 1 aromatic heterocycles. The van der Waals surface area contributed by atoms with Crippen molar-refractivity contribution in [1.29, 1.82) is 0 Å². The molecule has 130 valence electrons. The van der Waals surface area contributed by atoms with E-state index in [1.807, 2.05) is 0 Å². The zero-order chi connectivity index (χ0) is 18.1. The molecule has 1 heterocycles. The summed E-state index contributed by atoms with van der Waals surface area (Å²) in [7, 11) is -3.86. The minimum absolute atomic E-state index is 0.0234. The monoisotopic (exact) mass is 364 g/mol. The number of sulfone groups is 1. The zero-order valence-electron chi connectivity index (χ0n) is 12.1. The summed E-state index contributed by atoms with van der Waals surface area (Å²) in [6.07, 6.45) is -4.21. The highest BCUT2D eigenvalue weighted by molar-refractivity contribution is 7.89. The van der Waals surface area contributed by atoms with Gasteiger partial charge in [-0.3, -0.25) is 14.7 Å². The van der Waals surface area contributed by atoms with Crippen molar-refractivity contribution in [2.45, 2.75) is 12.1 Å². The van der Waals surface area contributed by atoms with Gasteiger partial charge in [0, 0.05) is 11.8 Å². The maximum Gasteiger partial charge on any atom is 0.451 e. The van der Waals surface area contributed by atoms with Gasteiger partial charge in [0.05, 0.1) is 0 Å². The molecule has 2 rings (SSSR count). The standard InChI is InChI=1S/C12H11F3N4O4S/c1-24(22,23)6-19-10(12(13,14)15)17-18-11(19)16-9(21)7-2-4-8(20)5-3-7/h2-5,20H,6H2,1H3,(H,16,18,21). The molecule has 1 amide bonds. The lowest BCUT2D eigenvalue weighted by molar-refractivity contribution is -0.147. The molecule has 0 unspecified atom stereocenters. The smallest absolute Gasteiger partial charge is 0.451 e. The first-order valence-electron chi connectivity index (χ1n) is 6.26. The van der Waals surface area contributed by atoms with E-state index >= 15 is 0 Å². The van der Waals surface area contributed by atoms with Crippen molar-refractivity contribution in [3.05, 3.63) is 35.7 Å². The summed E-state index contributed by atoms with van der Waals surface area (Å²) in [6.45, 7) is 0. The van der Waals surface area contributed by atoms with Crippen LogP contribution < -0.4 is 5.32 Å². The van der Waals surface area contributed by atoms with Crippen molar-refractivity contribution in [3.8, 4) is 5.75 Å². The Morgan fingerprint density at radius 2 is 1.83 bits per heavy atom. The molecular formula is C12H11F3N4O4S. The molecule has 0 bridgehead atoms. The number of aromatic hydroxyl groups is 1. The molecule has 2 N–H and O–H groups in total. The average molecular weight is 364 g/mol. The number of amides is 1. The summed E-state index contributed by atoms with van der Waals surface area (Å²) in [5.41, 5.74) is 0.0234. The summed E-state index contributed by atoms with van der Waals surface area (Å²) in [5, 5.41) is 17.3. The number of hydrogen-bond acceptors (Lipinski definition) is 6. The number of rotatable bonds is 4. The summed E-state index contributed by atoms with van der Waals surface area (Å²) in [6, 6.07) is 4.87. The van der Waals surface area contributed by atoms with Crippen LogP contribution >= 0.6 is 0 Å². The third kappa shape index (κ3) is 4.22. The number of halogens is 3. The second kappa shape index (κ2) is 6.11. The first kappa shape index (κ1) is 17.7. The molecule has 24 heavy (non-hydrogen) atoms. The Morgan fingerprint density at radius 1 is 1.25 bits per heavy atom. The zero-order valence-corrected chi connectivity index (χ0v) is 12.9. The quantitative estimate of drug-likeness (QED) is 0.844. The van der Waals surface area contributed by atoms with Crippen molar-refractivity contribution >= 4 is 21.7 Å². The predicted octanol–water partition coefficient (Wildman–Crippen LogP) is 1.26. The first-order chi connectivity index (χ1) is 11.0. The van der Waals surface area contributed by atoms with Crippen molar-refractivity contribution in [2.24, 2.45) is 0 Å². The molecular weight excluding hydrogens is 353 g/mol. The van der Waals surface area contributed by atoms with E-state index in [1.165, 1.54) is 24.3 Å². The number of phenolic OH excluding ortho intramolecular Hbond substituents is 1. The molecule has 0 radical (unpaired) electrons. The van der Waals surface area contributed by atoms with E-state index in [-0.39, 0.29) is 15.9 Å². The lowest BCUT2D eigenvalue weighted by atomic mass is 10.2. The number of carbonyl (C=O) groups is 1. The van der Waals surface area contributed by atoms with Gasteiger partial charge in [0.1, 0.15) is 11.6 Å². The number of aromatic nitrogens is 3. The topological polar surface area (TPSA) is 114 Å². The Morgan fingerprint density at radius 3 is 2.33 bits per heavy atom. The highest BCUT2D eigenvalue weighted by Gasteiger charge is 2.39. The van der Waals surface area contributed by atoms with Crippen LogP contribution in [0.5, 0.6) is 5.75 Å². The average Bonchev–Trinajstić information content (AvgIpc) is 2.80. The minimum Gasteiger partial charge on any atom is -0.508 e. The van der Waals surface area contributed by atoms with Crippen LogP contribution in [0.3, 0.4) is 0 Å². The lowest BCUT2D eigenvalue weighted by Gasteiger charge is -2.11. The lowest BCUT2D eigenvalue weighted by Crippen LogP contribution is -2.22. The predicted molar refractivity (Wildman–Crippen MR) is 75.9 cm³/mol. The van der Waals surface area contributed by atoms with Crippen LogP contribution in [0.4, 0.5) is 19.1 Å². The van der Waals surface area contributed by atoms with Crippen LogP contribution in [0.1, 0.15) is 16.2 Å². The third-order valence-corrected chi connectivity index (χ3v) is 3.45. The van der Waals surface area contributed by atoms with E-state index in [1.54, 1.807) is 0 Å². The van der Waals surface area contributed by atoms with Crippen molar-refractivity contribution in [1.82, 2.24) is 14.8 Å². The van der Waals surface area contributed by atoms with Crippen molar-refractivity contribution in [3.63, 3.8) is 0 Å². The van der Waals surface area contributed by atoms with Crippen LogP contribution in [-0.4, -0.2) is 40.5 Å². The van der Waals surface area contributed by atoms with Gasteiger partial charge >= 0.3 is 6.18 Å². The van der Waals surface area contributed by atoms with E-state index < -0.39 is 39.6 Å². The Labute approximate surface area is 133 Å². The molecule has 0 aliphatic carbocycles. The van der Waals surface area contributed by atoms with Crippen LogP contribution in [0.25, 0.3) is 0 Å². The van der Waals surface area contributed by atoms with Gasteiger partial charge in [-0.1, -0.05) is 0 Å². The molecule has 8 nitrogen and oxygen atoms in total. The maximum atomic E-state index is 12.9.